The maximum atomic E-state index is 13.5. The van der Waals surface area contributed by atoms with Gasteiger partial charge in [0.1, 0.15) is 0 Å². The fraction of sp³-hybridized carbons (Fsp3) is 0.107. The van der Waals surface area contributed by atoms with Gasteiger partial charge < -0.3 is 10.1 Å². The van der Waals surface area contributed by atoms with E-state index in [9.17, 15) is 9.59 Å². The van der Waals surface area contributed by atoms with E-state index < -0.39 is 5.97 Å². The first-order chi connectivity index (χ1) is 16.2. The van der Waals surface area contributed by atoms with Crippen LogP contribution in [0.1, 0.15) is 38.8 Å². The van der Waals surface area contributed by atoms with Gasteiger partial charge in [-0.05, 0) is 47.7 Å². The Labute approximate surface area is 192 Å². The molecular formula is C28H22N2O3. The van der Waals surface area contributed by atoms with Crippen molar-refractivity contribution < 1.29 is 14.3 Å². The van der Waals surface area contributed by atoms with Crippen LogP contribution in [0.25, 0.3) is 22.4 Å². The van der Waals surface area contributed by atoms with Crippen molar-refractivity contribution in [3.63, 3.8) is 0 Å². The van der Waals surface area contributed by atoms with Crippen molar-refractivity contribution >= 4 is 17.6 Å². The van der Waals surface area contributed by atoms with Gasteiger partial charge in [0.2, 0.25) is 0 Å². The summed E-state index contributed by atoms with van der Waals surface area (Å²) in [4.78, 5) is 30.3. The van der Waals surface area contributed by atoms with Gasteiger partial charge in [-0.1, -0.05) is 66.7 Å². The fourth-order valence-corrected chi connectivity index (χ4v) is 4.27. The lowest BCUT2D eigenvalue weighted by Gasteiger charge is -2.14. The molecule has 0 saturated heterocycles. The number of nitrogens with one attached hydrogen (secondary N) is 1. The maximum absolute atomic E-state index is 13.5. The third-order valence-electron chi connectivity index (χ3n) is 5.79. The first-order valence-electron chi connectivity index (χ1n) is 10.9. The van der Waals surface area contributed by atoms with Gasteiger partial charge >= 0.3 is 5.97 Å². The molecule has 1 N–H and O–H groups in total. The Morgan fingerprint density at radius 1 is 0.939 bits per heavy atom. The van der Waals surface area contributed by atoms with E-state index in [-0.39, 0.29) is 18.1 Å². The van der Waals surface area contributed by atoms with E-state index >= 15 is 0 Å². The number of benzene rings is 3. The van der Waals surface area contributed by atoms with Gasteiger partial charge in [0.25, 0.3) is 5.91 Å². The Balaban J connectivity index is 1.53. The number of esters is 1. The molecule has 33 heavy (non-hydrogen) atoms. The summed E-state index contributed by atoms with van der Waals surface area (Å²) in [5.74, 6) is -0.712. The number of amides is 1. The van der Waals surface area contributed by atoms with Crippen LogP contribution in [0, 0.1) is 0 Å². The Hall–Kier alpha value is -4.25. The van der Waals surface area contributed by atoms with Crippen LogP contribution in [0.5, 0.6) is 0 Å². The Morgan fingerprint density at radius 2 is 1.70 bits per heavy atom. The second-order valence-electron chi connectivity index (χ2n) is 7.83. The summed E-state index contributed by atoms with van der Waals surface area (Å²) in [7, 11) is 0. The van der Waals surface area contributed by atoms with E-state index in [4.69, 9.17) is 4.74 Å². The third-order valence-corrected chi connectivity index (χ3v) is 5.79. The molecule has 1 amide bonds. The maximum Gasteiger partial charge on any atom is 0.339 e. The minimum atomic E-state index is -0.476. The predicted molar refractivity (Wildman–Crippen MR) is 128 cm³/mol. The van der Waals surface area contributed by atoms with Crippen molar-refractivity contribution in [2.75, 3.05) is 11.9 Å². The number of pyridine rings is 1. The Morgan fingerprint density at radius 3 is 2.52 bits per heavy atom. The van der Waals surface area contributed by atoms with Gasteiger partial charge in [-0.2, -0.15) is 0 Å². The minimum Gasteiger partial charge on any atom is -0.462 e. The van der Waals surface area contributed by atoms with Gasteiger partial charge in [0, 0.05) is 17.3 Å². The second kappa shape index (κ2) is 8.71. The number of fused-ring (bicyclic) bond motifs is 3. The Kier molecular flexibility index (Phi) is 5.45. The zero-order valence-corrected chi connectivity index (χ0v) is 18.2. The third kappa shape index (κ3) is 3.89. The monoisotopic (exact) mass is 434 g/mol. The van der Waals surface area contributed by atoms with Gasteiger partial charge in [-0.15, -0.1) is 0 Å². The van der Waals surface area contributed by atoms with Crippen molar-refractivity contribution in [2.24, 2.45) is 0 Å². The first kappa shape index (κ1) is 20.6. The lowest BCUT2D eigenvalue weighted by molar-refractivity contribution is 0.0525. The standard InChI is InChI=1S/C28H22N2O3/c1-2-33-28(32)20-16-25(26(29-17-20)18-9-4-3-5-10-18)30-27(31)23-14-8-13-22-21-12-7-6-11-19(21)15-24(22)23/h3-14,16-17H,2,15H2,1H3,(H,30,31). The molecule has 162 valence electrons. The van der Waals surface area contributed by atoms with Gasteiger partial charge in [-0.3, -0.25) is 9.78 Å². The molecule has 1 aliphatic carbocycles. The molecule has 5 rings (SSSR count). The number of ether oxygens (including phenoxy) is 1. The SMILES string of the molecule is CCOC(=O)c1cnc(-c2ccccc2)c(NC(=O)c2cccc3c2Cc2ccccc2-3)c1. The molecule has 3 aromatic carbocycles. The highest BCUT2D eigenvalue weighted by Crippen LogP contribution is 2.38. The average Bonchev–Trinajstić information content (AvgIpc) is 3.23. The number of carbonyl (C=O) groups excluding carboxylic acids is 2. The summed E-state index contributed by atoms with van der Waals surface area (Å²) in [6.07, 6.45) is 2.19. The minimum absolute atomic E-state index is 0.236. The number of carbonyl (C=O) groups is 2. The van der Waals surface area contributed by atoms with Gasteiger partial charge in [0.05, 0.1) is 23.6 Å². The van der Waals surface area contributed by atoms with Crippen LogP contribution < -0.4 is 5.32 Å². The van der Waals surface area contributed by atoms with Crippen molar-refractivity contribution in [3.8, 4) is 22.4 Å². The zero-order valence-electron chi connectivity index (χ0n) is 18.2. The summed E-state index contributed by atoms with van der Waals surface area (Å²) in [6, 6.07) is 25.2. The molecule has 1 heterocycles. The highest BCUT2D eigenvalue weighted by molar-refractivity contribution is 6.09. The molecule has 1 aliphatic rings. The van der Waals surface area contributed by atoms with Crippen LogP contribution in [-0.4, -0.2) is 23.5 Å². The van der Waals surface area contributed by atoms with E-state index in [1.165, 1.54) is 11.8 Å². The summed E-state index contributed by atoms with van der Waals surface area (Å²) in [5.41, 5.74) is 7.27. The molecule has 5 heteroatoms. The first-order valence-corrected chi connectivity index (χ1v) is 10.9. The molecule has 0 unspecified atom stereocenters. The summed E-state index contributed by atoms with van der Waals surface area (Å²) < 4.78 is 5.12. The van der Waals surface area contributed by atoms with Crippen molar-refractivity contribution in [2.45, 2.75) is 13.3 Å². The molecule has 0 aliphatic heterocycles. The summed E-state index contributed by atoms with van der Waals surface area (Å²) in [6.45, 7) is 2.01. The van der Waals surface area contributed by atoms with Crippen molar-refractivity contribution in [1.29, 1.82) is 0 Å². The molecule has 0 spiro atoms. The van der Waals surface area contributed by atoms with E-state index in [0.29, 0.717) is 23.4 Å². The van der Waals surface area contributed by atoms with Crippen LogP contribution in [0.4, 0.5) is 5.69 Å². The number of rotatable bonds is 5. The molecule has 0 fully saturated rings. The highest BCUT2D eigenvalue weighted by atomic mass is 16.5. The Bertz CT molecular complexity index is 1360. The molecule has 0 saturated carbocycles. The number of nitrogens with zero attached hydrogens (tertiary/aromatic N) is 1. The normalized spacial score (nSPS) is 11.4. The molecule has 0 atom stereocenters. The quantitative estimate of drug-likeness (QED) is 0.358. The number of hydrogen-bond acceptors (Lipinski definition) is 4. The zero-order chi connectivity index (χ0) is 22.8. The molecule has 0 radical (unpaired) electrons. The van der Waals surface area contributed by atoms with Crippen LogP contribution >= 0.6 is 0 Å². The van der Waals surface area contributed by atoms with Crippen molar-refractivity contribution in [1.82, 2.24) is 4.98 Å². The van der Waals surface area contributed by atoms with E-state index in [2.05, 4.69) is 28.5 Å². The molecule has 4 aromatic rings. The second-order valence-corrected chi connectivity index (χ2v) is 7.83. The fourth-order valence-electron chi connectivity index (χ4n) is 4.27. The summed E-state index contributed by atoms with van der Waals surface area (Å²) >= 11 is 0. The van der Waals surface area contributed by atoms with E-state index in [0.717, 1.165) is 22.3 Å². The molecule has 1 aromatic heterocycles. The van der Waals surface area contributed by atoms with Crippen LogP contribution in [0.15, 0.2) is 85.1 Å². The predicted octanol–water partition coefficient (Wildman–Crippen LogP) is 5.75. The summed E-state index contributed by atoms with van der Waals surface area (Å²) in [5, 5.41) is 3.01. The lowest BCUT2D eigenvalue weighted by Crippen LogP contribution is -2.16. The highest BCUT2D eigenvalue weighted by Gasteiger charge is 2.24. The number of hydrogen-bond donors (Lipinski definition) is 1. The lowest BCUT2D eigenvalue weighted by atomic mass is 10.0. The van der Waals surface area contributed by atoms with Crippen LogP contribution in [-0.2, 0) is 11.2 Å². The number of aromatic nitrogens is 1. The molecule has 5 nitrogen and oxygen atoms in total. The topological polar surface area (TPSA) is 68.3 Å². The van der Waals surface area contributed by atoms with Gasteiger partial charge in [0.15, 0.2) is 0 Å². The smallest absolute Gasteiger partial charge is 0.339 e. The largest absolute Gasteiger partial charge is 0.462 e. The molecule has 0 bridgehead atoms. The van der Waals surface area contributed by atoms with Crippen LogP contribution in [0.3, 0.4) is 0 Å². The van der Waals surface area contributed by atoms with Gasteiger partial charge in [-0.25, -0.2) is 4.79 Å². The van der Waals surface area contributed by atoms with Crippen molar-refractivity contribution in [3.05, 3.63) is 107 Å². The number of anilines is 1. The average molecular weight is 434 g/mol. The van der Waals surface area contributed by atoms with Crippen LogP contribution in [0.2, 0.25) is 0 Å². The van der Waals surface area contributed by atoms with E-state index in [1.807, 2.05) is 54.6 Å². The van der Waals surface area contributed by atoms with E-state index in [1.54, 1.807) is 13.0 Å². The molecular weight excluding hydrogens is 412 g/mol.